The van der Waals surface area contributed by atoms with Crippen LogP contribution in [0.1, 0.15) is 64.7 Å². The number of hydrogen-bond donors (Lipinski definition) is 1. The smallest absolute Gasteiger partial charge is 0.328 e. The Labute approximate surface area is 187 Å². The van der Waals surface area contributed by atoms with Gasteiger partial charge in [-0.25, -0.2) is 9.18 Å². The molecule has 1 aromatic carbocycles. The van der Waals surface area contributed by atoms with Gasteiger partial charge in [0.25, 0.3) is 0 Å². The van der Waals surface area contributed by atoms with E-state index in [1.165, 1.54) is 23.3 Å². The largest absolute Gasteiger partial charge is 0.495 e. The Morgan fingerprint density at radius 1 is 1.30 bits per heavy atom. The zero-order valence-corrected chi connectivity index (χ0v) is 20.3. The standard InChI is InChI=1S/C25H30BrFO3/c1-14(2)17-10-11-25(5,6)22-19(17)13-18(24(30-7)23(22)26)16(4)20(27)9-8-15(3)12-21(28)29/h8-10,12-14H,11H2,1-7H3,(H,28,29). The Balaban J connectivity index is 2.71. The summed E-state index contributed by atoms with van der Waals surface area (Å²) in [6.45, 7) is 12.1. The second kappa shape index (κ2) is 9.34. The molecule has 1 N–H and O–H groups in total. The van der Waals surface area contributed by atoms with Crippen molar-refractivity contribution < 1.29 is 19.0 Å². The highest BCUT2D eigenvalue weighted by atomic mass is 79.9. The summed E-state index contributed by atoms with van der Waals surface area (Å²) in [4.78, 5) is 10.8. The first kappa shape index (κ1) is 24.1. The van der Waals surface area contributed by atoms with Gasteiger partial charge in [-0.15, -0.1) is 0 Å². The third kappa shape index (κ3) is 4.94. The lowest BCUT2D eigenvalue weighted by molar-refractivity contribution is -0.131. The molecular weight excluding hydrogens is 447 g/mol. The highest BCUT2D eigenvalue weighted by molar-refractivity contribution is 9.10. The summed E-state index contributed by atoms with van der Waals surface area (Å²) in [6, 6.07) is 2.02. The summed E-state index contributed by atoms with van der Waals surface area (Å²) in [5.41, 5.74) is 5.03. The number of fused-ring (bicyclic) bond motifs is 1. The van der Waals surface area contributed by atoms with Gasteiger partial charge in [-0.2, -0.15) is 0 Å². The Morgan fingerprint density at radius 3 is 2.47 bits per heavy atom. The molecular formula is C25H30BrFO3. The maximum atomic E-state index is 15.0. The molecule has 1 aliphatic carbocycles. The van der Waals surface area contributed by atoms with Crippen molar-refractivity contribution in [2.75, 3.05) is 7.11 Å². The normalized spacial score (nSPS) is 17.0. The molecule has 0 radical (unpaired) electrons. The van der Waals surface area contributed by atoms with Crippen LogP contribution in [-0.4, -0.2) is 18.2 Å². The van der Waals surface area contributed by atoms with E-state index >= 15 is 4.39 Å². The molecule has 0 fully saturated rings. The van der Waals surface area contributed by atoms with Gasteiger partial charge in [-0.3, -0.25) is 0 Å². The molecule has 0 saturated heterocycles. The van der Waals surface area contributed by atoms with E-state index in [1.807, 2.05) is 6.07 Å². The zero-order chi connectivity index (χ0) is 22.8. The van der Waals surface area contributed by atoms with Crippen LogP contribution >= 0.6 is 15.9 Å². The third-order valence-corrected chi connectivity index (χ3v) is 6.23. The average Bonchev–Trinajstić information content (AvgIpc) is 2.63. The number of carbonyl (C=O) groups is 1. The number of methoxy groups -OCH3 is 1. The van der Waals surface area contributed by atoms with Crippen molar-refractivity contribution >= 4 is 33.0 Å². The lowest BCUT2D eigenvalue weighted by atomic mass is 9.70. The average molecular weight is 477 g/mol. The monoisotopic (exact) mass is 476 g/mol. The number of hydrogen-bond acceptors (Lipinski definition) is 2. The number of benzene rings is 1. The highest BCUT2D eigenvalue weighted by Crippen LogP contribution is 2.50. The van der Waals surface area contributed by atoms with E-state index < -0.39 is 11.8 Å². The minimum Gasteiger partial charge on any atom is -0.495 e. The van der Waals surface area contributed by atoms with Crippen LogP contribution in [0.3, 0.4) is 0 Å². The quantitative estimate of drug-likeness (QED) is 0.342. The van der Waals surface area contributed by atoms with E-state index in [1.54, 1.807) is 21.0 Å². The Hall–Kier alpha value is -2.14. The van der Waals surface area contributed by atoms with Gasteiger partial charge < -0.3 is 9.84 Å². The molecule has 0 aliphatic heterocycles. The predicted octanol–water partition coefficient (Wildman–Crippen LogP) is 7.47. The van der Waals surface area contributed by atoms with Gasteiger partial charge >= 0.3 is 5.97 Å². The summed E-state index contributed by atoms with van der Waals surface area (Å²) < 4.78 is 21.6. The number of carboxylic acids is 1. The van der Waals surface area contributed by atoms with Crippen molar-refractivity contribution in [3.05, 3.63) is 62.9 Å². The van der Waals surface area contributed by atoms with Gasteiger partial charge in [0.15, 0.2) is 0 Å². The van der Waals surface area contributed by atoms with Crippen LogP contribution in [0.2, 0.25) is 0 Å². The second-order valence-corrected chi connectivity index (χ2v) is 9.42. The van der Waals surface area contributed by atoms with Gasteiger partial charge in [0, 0.05) is 11.6 Å². The maximum Gasteiger partial charge on any atom is 0.328 e. The fourth-order valence-corrected chi connectivity index (χ4v) is 4.95. The zero-order valence-electron chi connectivity index (χ0n) is 18.7. The van der Waals surface area contributed by atoms with Gasteiger partial charge in [0.2, 0.25) is 0 Å². The van der Waals surface area contributed by atoms with E-state index in [9.17, 15) is 4.79 Å². The van der Waals surface area contributed by atoms with Crippen molar-refractivity contribution in [2.24, 2.45) is 5.92 Å². The van der Waals surface area contributed by atoms with E-state index in [2.05, 4.69) is 49.7 Å². The number of rotatable bonds is 6. The molecule has 162 valence electrons. The topological polar surface area (TPSA) is 46.5 Å². The van der Waals surface area contributed by atoms with Crippen molar-refractivity contribution in [3.63, 3.8) is 0 Å². The molecule has 5 heteroatoms. The van der Waals surface area contributed by atoms with Crippen molar-refractivity contribution in [1.29, 1.82) is 0 Å². The van der Waals surface area contributed by atoms with E-state index in [4.69, 9.17) is 9.84 Å². The second-order valence-electron chi connectivity index (χ2n) is 8.63. The summed E-state index contributed by atoms with van der Waals surface area (Å²) in [5.74, 6) is -0.561. The molecule has 1 aliphatic rings. The number of halogens is 2. The summed E-state index contributed by atoms with van der Waals surface area (Å²) >= 11 is 3.75. The highest BCUT2D eigenvalue weighted by Gasteiger charge is 2.34. The first-order valence-corrected chi connectivity index (χ1v) is 10.8. The Kier molecular flexibility index (Phi) is 7.51. The summed E-state index contributed by atoms with van der Waals surface area (Å²) in [6.07, 6.45) is 6.99. The number of aliphatic carboxylic acids is 1. The van der Waals surface area contributed by atoms with Crippen LogP contribution < -0.4 is 4.74 Å². The van der Waals surface area contributed by atoms with E-state index in [0.29, 0.717) is 28.4 Å². The van der Waals surface area contributed by atoms with Gasteiger partial charge in [0.1, 0.15) is 11.6 Å². The van der Waals surface area contributed by atoms with E-state index in [-0.39, 0.29) is 5.41 Å². The molecule has 0 heterocycles. The molecule has 0 atom stereocenters. The van der Waals surface area contributed by atoms with Crippen LogP contribution in [0, 0.1) is 5.92 Å². The maximum absolute atomic E-state index is 15.0. The van der Waals surface area contributed by atoms with Crippen LogP contribution in [0.5, 0.6) is 5.75 Å². The Morgan fingerprint density at radius 2 is 1.93 bits per heavy atom. The first-order chi connectivity index (χ1) is 13.9. The molecule has 30 heavy (non-hydrogen) atoms. The summed E-state index contributed by atoms with van der Waals surface area (Å²) in [7, 11) is 1.59. The molecule has 0 bridgehead atoms. The molecule has 3 nitrogen and oxygen atoms in total. The van der Waals surface area contributed by atoms with Crippen molar-refractivity contribution in [1.82, 2.24) is 0 Å². The third-order valence-electron chi connectivity index (χ3n) is 5.47. The molecule has 2 rings (SSSR count). The molecule has 0 aromatic heterocycles. The van der Waals surface area contributed by atoms with Gasteiger partial charge in [-0.05, 0) is 87.5 Å². The van der Waals surface area contributed by atoms with Gasteiger partial charge in [0.05, 0.1) is 11.6 Å². The number of carboxylic acid groups (broad SMARTS) is 1. The Bertz CT molecular complexity index is 979. The van der Waals surface area contributed by atoms with E-state index in [0.717, 1.165) is 22.5 Å². The fraction of sp³-hybridized carbons (Fsp3) is 0.400. The number of allylic oxidation sites excluding steroid dienone is 7. The van der Waals surface area contributed by atoms with Crippen LogP contribution in [0.15, 0.2) is 46.2 Å². The molecule has 0 spiro atoms. The first-order valence-electron chi connectivity index (χ1n) is 9.98. The van der Waals surface area contributed by atoms with Crippen LogP contribution in [0.4, 0.5) is 4.39 Å². The molecule has 0 unspecified atom stereocenters. The predicted molar refractivity (Wildman–Crippen MR) is 125 cm³/mol. The molecule has 0 amide bonds. The molecule has 0 saturated carbocycles. The lowest BCUT2D eigenvalue weighted by Crippen LogP contribution is -2.24. The van der Waals surface area contributed by atoms with Crippen molar-refractivity contribution in [3.8, 4) is 5.75 Å². The molecule has 1 aromatic rings. The van der Waals surface area contributed by atoms with Crippen LogP contribution in [-0.2, 0) is 10.2 Å². The minimum absolute atomic E-state index is 0.0762. The van der Waals surface area contributed by atoms with Crippen LogP contribution in [0.25, 0.3) is 11.1 Å². The van der Waals surface area contributed by atoms with Gasteiger partial charge in [-0.1, -0.05) is 39.8 Å². The van der Waals surface area contributed by atoms with Crippen molar-refractivity contribution in [2.45, 2.75) is 53.4 Å². The number of ether oxygens (including phenoxy) is 1. The minimum atomic E-state index is -1.06. The summed E-state index contributed by atoms with van der Waals surface area (Å²) in [5, 5.41) is 8.82. The SMILES string of the molecule is COc1c(C(C)=C(F)C=CC(C)=CC(=O)O)cc2c(c1Br)C(C)(C)CC=C2C(C)C. The lowest BCUT2D eigenvalue weighted by Gasteiger charge is -2.35. The fourth-order valence-electron chi connectivity index (χ4n) is 3.82.